The van der Waals surface area contributed by atoms with Gasteiger partial charge >= 0.3 is 0 Å². The molecule has 0 saturated carbocycles. The quantitative estimate of drug-likeness (QED) is 0.835. The zero-order chi connectivity index (χ0) is 11.7. The van der Waals surface area contributed by atoms with E-state index in [-0.39, 0.29) is 12.0 Å². The number of hydrogen-bond donors (Lipinski definition) is 0. The minimum absolute atomic E-state index is 0.0143. The minimum Gasteiger partial charge on any atom is -0.272 e. The van der Waals surface area contributed by atoms with Crippen LogP contribution in [-0.4, -0.2) is 12.0 Å². The van der Waals surface area contributed by atoms with E-state index in [1.807, 2.05) is 24.3 Å². The molecule has 0 aliphatic carbocycles. The summed E-state index contributed by atoms with van der Waals surface area (Å²) in [6.07, 6.45) is 0.443. The summed E-state index contributed by atoms with van der Waals surface area (Å²) in [4.78, 5) is 17.5. The Labute approximate surface area is 103 Å². The van der Waals surface area contributed by atoms with E-state index >= 15 is 0 Å². The van der Waals surface area contributed by atoms with E-state index in [1.54, 1.807) is 0 Å². The molecule has 0 bridgehead atoms. The highest BCUT2D eigenvalue weighted by Gasteiger charge is 2.34. The van der Waals surface area contributed by atoms with Gasteiger partial charge in [0.1, 0.15) is 0 Å². The molecule has 1 aliphatic heterocycles. The highest BCUT2D eigenvalue weighted by Crippen LogP contribution is 2.32. The SMILES string of the molecule is CC(C)C1CC(=O)N(c2ccccc2Br)O1. The number of amides is 1. The van der Waals surface area contributed by atoms with Crippen LogP contribution in [0.15, 0.2) is 28.7 Å². The smallest absolute Gasteiger partial charge is 0.253 e. The Bertz CT molecular complexity index is 406. The van der Waals surface area contributed by atoms with Crippen molar-refractivity contribution in [3.8, 4) is 0 Å². The lowest BCUT2D eigenvalue weighted by molar-refractivity contribution is -0.119. The molecule has 1 aromatic rings. The maximum absolute atomic E-state index is 11.8. The van der Waals surface area contributed by atoms with Gasteiger partial charge in [0, 0.05) is 4.47 Å². The van der Waals surface area contributed by atoms with E-state index in [9.17, 15) is 4.79 Å². The molecule has 16 heavy (non-hydrogen) atoms. The molecule has 3 nitrogen and oxygen atoms in total. The van der Waals surface area contributed by atoms with Crippen molar-refractivity contribution in [3.63, 3.8) is 0 Å². The topological polar surface area (TPSA) is 29.5 Å². The number of hydroxylamine groups is 1. The Morgan fingerprint density at radius 1 is 1.44 bits per heavy atom. The van der Waals surface area contributed by atoms with E-state index < -0.39 is 0 Å². The number of carbonyl (C=O) groups is 1. The lowest BCUT2D eigenvalue weighted by atomic mass is 10.1. The normalized spacial score (nSPS) is 20.9. The van der Waals surface area contributed by atoms with Gasteiger partial charge in [0.15, 0.2) is 0 Å². The van der Waals surface area contributed by atoms with Gasteiger partial charge in [-0.3, -0.25) is 9.63 Å². The van der Waals surface area contributed by atoms with Crippen molar-refractivity contribution in [2.45, 2.75) is 26.4 Å². The maximum atomic E-state index is 11.8. The second-order valence-corrected chi connectivity index (χ2v) is 5.09. The highest BCUT2D eigenvalue weighted by molar-refractivity contribution is 9.10. The molecule has 1 aliphatic rings. The van der Waals surface area contributed by atoms with Gasteiger partial charge in [-0.15, -0.1) is 0 Å². The fraction of sp³-hybridized carbons (Fsp3) is 0.417. The number of nitrogens with zero attached hydrogens (tertiary/aromatic N) is 1. The molecule has 1 atom stereocenters. The molecule has 0 spiro atoms. The first-order chi connectivity index (χ1) is 7.59. The van der Waals surface area contributed by atoms with Gasteiger partial charge in [0.2, 0.25) is 0 Å². The van der Waals surface area contributed by atoms with Crippen LogP contribution in [0, 0.1) is 5.92 Å². The van der Waals surface area contributed by atoms with Gasteiger partial charge in [-0.1, -0.05) is 26.0 Å². The molecule has 2 rings (SSSR count). The third-order valence-corrected chi connectivity index (χ3v) is 3.33. The fourth-order valence-electron chi connectivity index (χ4n) is 1.65. The Morgan fingerprint density at radius 2 is 2.12 bits per heavy atom. The van der Waals surface area contributed by atoms with E-state index in [2.05, 4.69) is 29.8 Å². The molecule has 0 N–H and O–H groups in total. The van der Waals surface area contributed by atoms with Crippen molar-refractivity contribution in [1.82, 2.24) is 0 Å². The largest absolute Gasteiger partial charge is 0.272 e. The number of anilines is 1. The molecular weight excluding hydrogens is 270 g/mol. The Morgan fingerprint density at radius 3 is 2.69 bits per heavy atom. The zero-order valence-electron chi connectivity index (χ0n) is 9.31. The summed E-state index contributed by atoms with van der Waals surface area (Å²) >= 11 is 3.42. The van der Waals surface area contributed by atoms with Crippen LogP contribution in [0.25, 0.3) is 0 Å². The van der Waals surface area contributed by atoms with E-state index in [1.165, 1.54) is 5.06 Å². The van der Waals surface area contributed by atoms with Crippen molar-refractivity contribution in [2.75, 3.05) is 5.06 Å². The van der Waals surface area contributed by atoms with Crippen LogP contribution in [0.4, 0.5) is 5.69 Å². The summed E-state index contributed by atoms with van der Waals surface area (Å²) in [5.41, 5.74) is 0.774. The first-order valence-electron chi connectivity index (χ1n) is 5.34. The zero-order valence-corrected chi connectivity index (χ0v) is 10.9. The summed E-state index contributed by atoms with van der Waals surface area (Å²) in [6.45, 7) is 4.11. The predicted octanol–water partition coefficient (Wildman–Crippen LogP) is 3.14. The monoisotopic (exact) mass is 283 g/mol. The lowest BCUT2D eigenvalue weighted by Crippen LogP contribution is -2.24. The maximum Gasteiger partial charge on any atom is 0.253 e. The summed E-state index contributed by atoms with van der Waals surface area (Å²) in [5.74, 6) is 0.363. The molecule has 1 unspecified atom stereocenters. The number of rotatable bonds is 2. The minimum atomic E-state index is -0.0143. The Hall–Kier alpha value is -0.870. The molecule has 1 aromatic carbocycles. The van der Waals surface area contributed by atoms with Gasteiger partial charge in [0.25, 0.3) is 5.91 Å². The molecule has 86 valence electrons. The van der Waals surface area contributed by atoms with Gasteiger partial charge in [-0.05, 0) is 34.0 Å². The van der Waals surface area contributed by atoms with Gasteiger partial charge in [-0.25, -0.2) is 0 Å². The molecule has 1 fully saturated rings. The van der Waals surface area contributed by atoms with Crippen LogP contribution < -0.4 is 5.06 Å². The van der Waals surface area contributed by atoms with Crippen molar-refractivity contribution in [3.05, 3.63) is 28.7 Å². The number of carbonyl (C=O) groups excluding carboxylic acids is 1. The molecule has 1 amide bonds. The van der Waals surface area contributed by atoms with Crippen molar-refractivity contribution in [2.24, 2.45) is 5.92 Å². The summed E-state index contributed by atoms with van der Waals surface area (Å²) < 4.78 is 0.868. The fourth-order valence-corrected chi connectivity index (χ4v) is 2.10. The molecule has 1 heterocycles. The van der Waals surface area contributed by atoms with E-state index in [0.29, 0.717) is 12.3 Å². The van der Waals surface area contributed by atoms with E-state index in [0.717, 1.165) is 10.2 Å². The second-order valence-electron chi connectivity index (χ2n) is 4.23. The summed E-state index contributed by atoms with van der Waals surface area (Å²) in [6, 6.07) is 7.56. The third-order valence-electron chi connectivity index (χ3n) is 2.66. The van der Waals surface area contributed by atoms with Crippen LogP contribution in [0.3, 0.4) is 0 Å². The number of para-hydroxylation sites is 1. The molecule has 0 aromatic heterocycles. The lowest BCUT2D eigenvalue weighted by Gasteiger charge is -2.18. The number of halogens is 1. The van der Waals surface area contributed by atoms with Crippen molar-refractivity contribution >= 4 is 27.5 Å². The molecule has 1 saturated heterocycles. The van der Waals surface area contributed by atoms with Crippen molar-refractivity contribution in [1.29, 1.82) is 0 Å². The third kappa shape index (κ3) is 2.13. The molecular formula is C12H14BrNO2. The number of hydrogen-bond acceptors (Lipinski definition) is 2. The first kappa shape index (κ1) is 11.6. The molecule has 4 heteroatoms. The van der Waals surface area contributed by atoms with Gasteiger partial charge in [-0.2, -0.15) is 5.06 Å². The average molecular weight is 284 g/mol. The van der Waals surface area contributed by atoms with Gasteiger partial charge in [0.05, 0.1) is 18.2 Å². The van der Waals surface area contributed by atoms with Crippen LogP contribution in [0.2, 0.25) is 0 Å². The van der Waals surface area contributed by atoms with E-state index in [4.69, 9.17) is 4.84 Å². The van der Waals surface area contributed by atoms with Crippen LogP contribution >= 0.6 is 15.9 Å². The predicted molar refractivity (Wildman–Crippen MR) is 66.0 cm³/mol. The Kier molecular flexibility index (Phi) is 3.30. The highest BCUT2D eigenvalue weighted by atomic mass is 79.9. The summed E-state index contributed by atoms with van der Waals surface area (Å²) in [7, 11) is 0. The van der Waals surface area contributed by atoms with Gasteiger partial charge < -0.3 is 0 Å². The second kappa shape index (κ2) is 4.55. The average Bonchev–Trinajstić information content (AvgIpc) is 2.61. The molecule has 0 radical (unpaired) electrons. The van der Waals surface area contributed by atoms with Crippen LogP contribution in [0.5, 0.6) is 0 Å². The standard InChI is InChI=1S/C12H14BrNO2/c1-8(2)11-7-12(15)14(16-11)10-6-4-3-5-9(10)13/h3-6,8,11H,7H2,1-2H3. The Balaban J connectivity index is 2.24. The first-order valence-corrected chi connectivity index (χ1v) is 6.13. The van der Waals surface area contributed by atoms with Crippen LogP contribution in [0.1, 0.15) is 20.3 Å². The summed E-state index contributed by atoms with van der Waals surface area (Å²) in [5, 5.41) is 1.40. The van der Waals surface area contributed by atoms with Crippen LogP contribution in [-0.2, 0) is 9.63 Å². The van der Waals surface area contributed by atoms with Crippen molar-refractivity contribution < 1.29 is 9.63 Å². The number of benzene rings is 1.